The first-order chi connectivity index (χ1) is 8.20. The molecule has 0 saturated carbocycles. The maximum Gasteiger partial charge on any atom is 0.166 e. The lowest BCUT2D eigenvalue weighted by atomic mass is 10.2. The molecule has 2 N–H and O–H groups in total. The van der Waals surface area contributed by atoms with Crippen LogP contribution in [0.2, 0.25) is 0 Å². The van der Waals surface area contributed by atoms with Gasteiger partial charge in [-0.15, -0.1) is 0 Å². The number of hydrogen-bond acceptors (Lipinski definition) is 3. The highest BCUT2D eigenvalue weighted by atomic mass is 32.1. The molecular weight excluding hydrogens is 234 g/mol. The maximum atomic E-state index is 5.61. The van der Waals surface area contributed by atoms with Gasteiger partial charge < -0.3 is 20.3 Å². The third-order valence-electron chi connectivity index (χ3n) is 3.03. The number of rotatable bonds is 2. The fraction of sp³-hybridized carbons (Fsp3) is 0.417. The topological polar surface area (TPSA) is 41.7 Å². The normalized spacial score (nSPS) is 15.8. The Morgan fingerprint density at radius 1 is 1.18 bits per heavy atom. The number of ether oxygens (including phenoxy) is 1. The van der Waals surface area contributed by atoms with Gasteiger partial charge in [0.05, 0.1) is 7.11 Å². The molecule has 0 aliphatic carbocycles. The summed E-state index contributed by atoms with van der Waals surface area (Å²) in [7, 11) is 1.68. The molecule has 1 aliphatic heterocycles. The third kappa shape index (κ3) is 2.79. The van der Waals surface area contributed by atoms with E-state index in [1.54, 1.807) is 7.11 Å². The Kier molecular flexibility index (Phi) is 3.68. The van der Waals surface area contributed by atoms with Crippen LogP contribution < -0.4 is 15.4 Å². The van der Waals surface area contributed by atoms with E-state index in [0.717, 1.165) is 31.9 Å². The molecule has 2 rings (SSSR count). The van der Waals surface area contributed by atoms with Crippen LogP contribution in [-0.4, -0.2) is 43.3 Å². The van der Waals surface area contributed by atoms with E-state index in [4.69, 9.17) is 22.7 Å². The first kappa shape index (κ1) is 12.0. The molecule has 1 saturated heterocycles. The van der Waals surface area contributed by atoms with Gasteiger partial charge >= 0.3 is 0 Å². The summed E-state index contributed by atoms with van der Waals surface area (Å²) in [4.78, 5) is 4.36. The fourth-order valence-corrected chi connectivity index (χ4v) is 2.16. The first-order valence-corrected chi connectivity index (χ1v) is 6.05. The SMILES string of the molecule is COc1ccc(N2CCN(C(N)=S)CC2)cc1. The molecule has 0 amide bonds. The minimum Gasteiger partial charge on any atom is -0.497 e. The molecule has 1 aliphatic rings. The number of benzene rings is 1. The summed E-state index contributed by atoms with van der Waals surface area (Å²) >= 11 is 4.97. The van der Waals surface area contributed by atoms with Crippen molar-refractivity contribution >= 4 is 23.0 Å². The highest BCUT2D eigenvalue weighted by molar-refractivity contribution is 7.80. The van der Waals surface area contributed by atoms with Crippen molar-refractivity contribution in [2.45, 2.75) is 0 Å². The van der Waals surface area contributed by atoms with E-state index in [1.807, 2.05) is 17.0 Å². The Balaban J connectivity index is 1.97. The number of anilines is 1. The molecule has 5 heteroatoms. The molecular formula is C12H17N3OS. The van der Waals surface area contributed by atoms with Gasteiger partial charge in [0.1, 0.15) is 5.75 Å². The zero-order valence-electron chi connectivity index (χ0n) is 9.93. The molecule has 0 bridgehead atoms. The van der Waals surface area contributed by atoms with Crippen molar-refractivity contribution < 1.29 is 4.74 Å². The summed E-state index contributed by atoms with van der Waals surface area (Å²) in [6.45, 7) is 3.68. The summed E-state index contributed by atoms with van der Waals surface area (Å²) in [5.41, 5.74) is 6.83. The van der Waals surface area contributed by atoms with E-state index in [0.29, 0.717) is 5.11 Å². The van der Waals surface area contributed by atoms with Crippen LogP contribution in [-0.2, 0) is 0 Å². The van der Waals surface area contributed by atoms with Gasteiger partial charge in [-0.05, 0) is 36.5 Å². The average molecular weight is 251 g/mol. The third-order valence-corrected chi connectivity index (χ3v) is 3.29. The van der Waals surface area contributed by atoms with Crippen molar-refractivity contribution in [1.29, 1.82) is 0 Å². The van der Waals surface area contributed by atoms with Gasteiger partial charge in [0, 0.05) is 31.9 Å². The standard InChI is InChI=1S/C12H17N3OS/c1-16-11-4-2-10(3-5-11)14-6-8-15(9-7-14)12(13)17/h2-5H,6-9H2,1H3,(H2,13,17). The molecule has 92 valence electrons. The van der Waals surface area contributed by atoms with Gasteiger partial charge in [0.15, 0.2) is 5.11 Å². The van der Waals surface area contributed by atoms with Crippen molar-refractivity contribution in [1.82, 2.24) is 4.90 Å². The Morgan fingerprint density at radius 3 is 2.24 bits per heavy atom. The minimum atomic E-state index is 0.499. The average Bonchev–Trinajstić information content (AvgIpc) is 2.39. The van der Waals surface area contributed by atoms with Crippen LogP contribution in [0, 0.1) is 0 Å². The second-order valence-electron chi connectivity index (χ2n) is 4.01. The van der Waals surface area contributed by atoms with E-state index in [1.165, 1.54) is 5.69 Å². The molecule has 0 aromatic heterocycles. The molecule has 0 atom stereocenters. The maximum absolute atomic E-state index is 5.61. The second kappa shape index (κ2) is 5.23. The van der Waals surface area contributed by atoms with Crippen molar-refractivity contribution in [2.75, 3.05) is 38.2 Å². The van der Waals surface area contributed by atoms with Crippen molar-refractivity contribution in [3.63, 3.8) is 0 Å². The smallest absolute Gasteiger partial charge is 0.166 e. The second-order valence-corrected chi connectivity index (χ2v) is 4.43. The van der Waals surface area contributed by atoms with Crippen molar-refractivity contribution in [2.24, 2.45) is 5.73 Å². The van der Waals surface area contributed by atoms with E-state index in [9.17, 15) is 0 Å². The van der Waals surface area contributed by atoms with E-state index in [2.05, 4.69) is 17.0 Å². The van der Waals surface area contributed by atoms with Gasteiger partial charge in [0.2, 0.25) is 0 Å². The summed E-state index contributed by atoms with van der Waals surface area (Å²) in [5.74, 6) is 0.885. The fourth-order valence-electron chi connectivity index (χ4n) is 1.98. The van der Waals surface area contributed by atoms with E-state index in [-0.39, 0.29) is 0 Å². The number of nitrogens with two attached hydrogens (primary N) is 1. The van der Waals surface area contributed by atoms with Gasteiger partial charge in [-0.3, -0.25) is 0 Å². The summed E-state index contributed by atoms with van der Waals surface area (Å²) in [5, 5.41) is 0.499. The number of thiocarbonyl (C=S) groups is 1. The summed E-state index contributed by atoms with van der Waals surface area (Å²) in [6.07, 6.45) is 0. The van der Waals surface area contributed by atoms with Gasteiger partial charge in [-0.25, -0.2) is 0 Å². The zero-order valence-corrected chi connectivity index (χ0v) is 10.7. The van der Waals surface area contributed by atoms with Gasteiger partial charge in [-0.2, -0.15) is 0 Å². The predicted molar refractivity (Wildman–Crippen MR) is 73.6 cm³/mol. The van der Waals surface area contributed by atoms with Gasteiger partial charge in [-0.1, -0.05) is 0 Å². The van der Waals surface area contributed by atoms with Crippen LogP contribution in [0.3, 0.4) is 0 Å². The van der Waals surface area contributed by atoms with Crippen LogP contribution in [0.4, 0.5) is 5.69 Å². The lowest BCUT2D eigenvalue weighted by Gasteiger charge is -2.36. The quantitative estimate of drug-likeness (QED) is 0.796. The highest BCUT2D eigenvalue weighted by Crippen LogP contribution is 2.20. The first-order valence-electron chi connectivity index (χ1n) is 5.64. The molecule has 0 unspecified atom stereocenters. The highest BCUT2D eigenvalue weighted by Gasteiger charge is 2.17. The Bertz CT molecular complexity index is 385. The summed E-state index contributed by atoms with van der Waals surface area (Å²) in [6, 6.07) is 8.12. The van der Waals surface area contributed by atoms with Crippen LogP contribution in [0.25, 0.3) is 0 Å². The minimum absolute atomic E-state index is 0.499. The largest absolute Gasteiger partial charge is 0.497 e. The molecule has 1 aromatic carbocycles. The molecule has 17 heavy (non-hydrogen) atoms. The van der Waals surface area contributed by atoms with Crippen LogP contribution in [0.5, 0.6) is 5.75 Å². The zero-order chi connectivity index (χ0) is 12.3. The molecule has 1 heterocycles. The molecule has 1 aromatic rings. The lowest BCUT2D eigenvalue weighted by Crippen LogP contribution is -2.50. The van der Waals surface area contributed by atoms with Crippen LogP contribution in [0.15, 0.2) is 24.3 Å². The predicted octanol–water partition coefficient (Wildman–Crippen LogP) is 1.06. The summed E-state index contributed by atoms with van der Waals surface area (Å²) < 4.78 is 5.14. The Labute approximate surface area is 107 Å². The monoisotopic (exact) mass is 251 g/mol. The molecule has 0 radical (unpaired) electrons. The van der Waals surface area contributed by atoms with E-state index >= 15 is 0 Å². The number of methoxy groups -OCH3 is 1. The van der Waals surface area contributed by atoms with Crippen molar-refractivity contribution in [3.8, 4) is 5.75 Å². The molecule has 0 spiro atoms. The Hall–Kier alpha value is -1.49. The molecule has 1 fully saturated rings. The number of hydrogen-bond donors (Lipinski definition) is 1. The van der Waals surface area contributed by atoms with Gasteiger partial charge in [0.25, 0.3) is 0 Å². The van der Waals surface area contributed by atoms with Crippen LogP contribution in [0.1, 0.15) is 0 Å². The number of nitrogens with zero attached hydrogens (tertiary/aromatic N) is 2. The van der Waals surface area contributed by atoms with E-state index < -0.39 is 0 Å². The lowest BCUT2D eigenvalue weighted by molar-refractivity contribution is 0.388. The Morgan fingerprint density at radius 2 is 1.76 bits per heavy atom. The number of piperazine rings is 1. The van der Waals surface area contributed by atoms with Crippen molar-refractivity contribution in [3.05, 3.63) is 24.3 Å². The molecule has 4 nitrogen and oxygen atoms in total. The van der Waals surface area contributed by atoms with Crippen LogP contribution >= 0.6 is 12.2 Å².